The normalized spacial score (nSPS) is 12.1. The van der Waals surface area contributed by atoms with Crippen molar-refractivity contribution >= 4 is 44.1 Å². The van der Waals surface area contributed by atoms with Gasteiger partial charge in [0.1, 0.15) is 0 Å². The molecule has 6 rings (SSSR count). The largest absolute Gasteiger partial charge is 0.309 e. The number of halogens is 1. The summed E-state index contributed by atoms with van der Waals surface area (Å²) in [6.07, 6.45) is 0. The molecule has 1 aliphatic rings. The van der Waals surface area contributed by atoms with Gasteiger partial charge in [0.2, 0.25) is 0 Å². The highest BCUT2D eigenvalue weighted by molar-refractivity contribution is 9.10. The first-order valence-corrected chi connectivity index (χ1v) is 12.2. The lowest BCUT2D eigenvalue weighted by molar-refractivity contribution is 1.23. The minimum Gasteiger partial charge on any atom is -0.309 e. The van der Waals surface area contributed by atoms with Gasteiger partial charge in [-0.15, -0.1) is 0 Å². The molecule has 0 fully saturated rings. The third-order valence-electron chi connectivity index (χ3n) is 6.27. The predicted octanol–water partition coefficient (Wildman–Crippen LogP) is 9.24. The molecular weight excluding hydrogens is 478 g/mol. The van der Waals surface area contributed by atoms with Crippen LogP contribution in [0.5, 0.6) is 0 Å². The van der Waals surface area contributed by atoms with Crippen molar-refractivity contribution in [3.8, 4) is 0 Å². The zero-order chi connectivity index (χ0) is 22.9. The number of hydrogen-bond donors (Lipinski definition) is 0. The summed E-state index contributed by atoms with van der Waals surface area (Å²) < 4.78 is 1.06. The maximum Gasteiger partial charge on any atom is 0.0551 e. The fourth-order valence-corrected chi connectivity index (χ4v) is 5.19. The molecule has 2 heteroatoms. The van der Waals surface area contributed by atoms with E-state index in [4.69, 9.17) is 0 Å². The minimum absolute atomic E-state index is 1.06. The number of rotatable bonds is 3. The highest BCUT2D eigenvalue weighted by Gasteiger charge is 2.30. The Hall–Kier alpha value is -3.88. The van der Waals surface area contributed by atoms with Crippen LogP contribution < -0.4 is 4.90 Å². The monoisotopic (exact) mass is 499 g/mol. The molecule has 0 bridgehead atoms. The highest BCUT2D eigenvalue weighted by atomic mass is 79.9. The number of hydrogen-bond acceptors (Lipinski definition) is 1. The Bertz CT molecular complexity index is 1450. The molecule has 5 aromatic carbocycles. The van der Waals surface area contributed by atoms with Crippen LogP contribution in [0, 0.1) is 0 Å². The maximum atomic E-state index is 3.73. The van der Waals surface area contributed by atoms with Gasteiger partial charge >= 0.3 is 0 Å². The molecule has 0 saturated heterocycles. The van der Waals surface area contributed by atoms with Gasteiger partial charge in [-0.3, -0.25) is 0 Å². The van der Waals surface area contributed by atoms with Crippen molar-refractivity contribution in [1.82, 2.24) is 0 Å². The van der Waals surface area contributed by atoms with Crippen LogP contribution in [-0.2, 0) is 0 Å². The van der Waals surface area contributed by atoms with Crippen molar-refractivity contribution in [3.05, 3.63) is 160 Å². The Morgan fingerprint density at radius 2 is 1.03 bits per heavy atom. The molecule has 1 nitrogen and oxygen atoms in total. The molecule has 0 aliphatic carbocycles. The lowest BCUT2D eigenvalue weighted by atomic mass is 9.82. The third-order valence-corrected chi connectivity index (χ3v) is 6.77. The number of anilines is 3. The van der Waals surface area contributed by atoms with Gasteiger partial charge in [-0.25, -0.2) is 0 Å². The first-order chi connectivity index (χ1) is 16.8. The van der Waals surface area contributed by atoms with E-state index in [1.807, 2.05) is 0 Å². The summed E-state index contributed by atoms with van der Waals surface area (Å²) in [7, 11) is 0. The van der Waals surface area contributed by atoms with Crippen molar-refractivity contribution in [3.63, 3.8) is 0 Å². The summed E-state index contributed by atoms with van der Waals surface area (Å²) >= 11 is 3.73. The fraction of sp³-hybridized carbons (Fsp3) is 0. The average molecular weight is 500 g/mol. The molecule has 0 saturated carbocycles. The zero-order valence-electron chi connectivity index (χ0n) is 18.5. The summed E-state index contributed by atoms with van der Waals surface area (Å²) in [6.45, 7) is 0. The third kappa shape index (κ3) is 3.57. The second-order valence-corrected chi connectivity index (χ2v) is 9.25. The molecule has 0 radical (unpaired) electrons. The topological polar surface area (TPSA) is 3.24 Å². The Balaban J connectivity index is 1.75. The van der Waals surface area contributed by atoms with E-state index < -0.39 is 0 Å². The first kappa shape index (κ1) is 20.7. The Kier molecular flexibility index (Phi) is 5.37. The van der Waals surface area contributed by atoms with Crippen LogP contribution >= 0.6 is 15.9 Å². The summed E-state index contributed by atoms with van der Waals surface area (Å²) in [5, 5.41) is 0. The maximum absolute atomic E-state index is 3.73. The van der Waals surface area contributed by atoms with E-state index in [-0.39, 0.29) is 0 Å². The first-order valence-electron chi connectivity index (χ1n) is 11.4. The number of benzene rings is 5. The summed E-state index contributed by atoms with van der Waals surface area (Å²) in [4.78, 5) is 2.37. The molecule has 1 aliphatic heterocycles. The Labute approximate surface area is 208 Å². The molecular formula is C32H22BrN. The van der Waals surface area contributed by atoms with E-state index in [1.165, 1.54) is 44.8 Å². The van der Waals surface area contributed by atoms with E-state index in [9.17, 15) is 0 Å². The Morgan fingerprint density at radius 1 is 0.500 bits per heavy atom. The van der Waals surface area contributed by atoms with Crippen molar-refractivity contribution in [1.29, 1.82) is 0 Å². The summed E-state index contributed by atoms with van der Waals surface area (Å²) in [6, 6.07) is 47.4. The average Bonchev–Trinajstić information content (AvgIpc) is 2.90. The van der Waals surface area contributed by atoms with E-state index in [1.54, 1.807) is 0 Å². The highest BCUT2D eigenvalue weighted by Crippen LogP contribution is 2.52. The van der Waals surface area contributed by atoms with Gasteiger partial charge in [-0.2, -0.15) is 0 Å². The lowest BCUT2D eigenvalue weighted by Gasteiger charge is -2.36. The Morgan fingerprint density at radius 3 is 1.68 bits per heavy atom. The number of para-hydroxylation sites is 2. The zero-order valence-corrected chi connectivity index (χ0v) is 20.1. The van der Waals surface area contributed by atoms with Crippen LogP contribution in [0.1, 0.15) is 22.3 Å². The second-order valence-electron chi connectivity index (χ2n) is 8.33. The standard InChI is InChI=1S/C32H22BrN/c33-25-20-21-28-30(22-25)34(26-16-8-3-9-17-26)29-19-11-10-18-27(29)32(28)31(23-12-4-1-5-13-23)24-14-6-2-7-15-24/h1-22H. The molecule has 0 spiro atoms. The van der Waals surface area contributed by atoms with Gasteiger partial charge in [0.25, 0.3) is 0 Å². The van der Waals surface area contributed by atoms with Gasteiger partial charge in [0.05, 0.1) is 11.4 Å². The van der Waals surface area contributed by atoms with Crippen LogP contribution in [0.2, 0.25) is 0 Å². The SMILES string of the molecule is Brc1ccc2c(c1)N(c1ccccc1)c1ccccc1C2=C(c1ccccc1)c1ccccc1. The second kappa shape index (κ2) is 8.81. The van der Waals surface area contributed by atoms with E-state index in [0.717, 1.165) is 10.2 Å². The van der Waals surface area contributed by atoms with Crippen LogP contribution in [0.15, 0.2) is 138 Å². The van der Waals surface area contributed by atoms with Crippen LogP contribution in [0.25, 0.3) is 11.1 Å². The lowest BCUT2D eigenvalue weighted by Crippen LogP contribution is -2.18. The van der Waals surface area contributed by atoms with E-state index in [2.05, 4.69) is 154 Å². The number of fused-ring (bicyclic) bond motifs is 2. The van der Waals surface area contributed by atoms with E-state index >= 15 is 0 Å². The molecule has 5 aromatic rings. The van der Waals surface area contributed by atoms with Crippen LogP contribution in [0.3, 0.4) is 0 Å². The van der Waals surface area contributed by atoms with Crippen molar-refractivity contribution < 1.29 is 0 Å². The molecule has 34 heavy (non-hydrogen) atoms. The van der Waals surface area contributed by atoms with Crippen LogP contribution in [-0.4, -0.2) is 0 Å². The minimum atomic E-state index is 1.06. The molecule has 162 valence electrons. The van der Waals surface area contributed by atoms with E-state index in [0.29, 0.717) is 0 Å². The molecule has 0 aromatic heterocycles. The van der Waals surface area contributed by atoms with Crippen molar-refractivity contribution in [2.24, 2.45) is 0 Å². The summed E-state index contributed by atoms with van der Waals surface area (Å²) in [5.74, 6) is 0. The van der Waals surface area contributed by atoms with Gasteiger partial charge in [-0.05, 0) is 47.0 Å². The van der Waals surface area contributed by atoms with Gasteiger partial charge in [-0.1, -0.05) is 119 Å². The van der Waals surface area contributed by atoms with Gasteiger partial charge < -0.3 is 4.90 Å². The van der Waals surface area contributed by atoms with Gasteiger partial charge in [0.15, 0.2) is 0 Å². The fourth-order valence-electron chi connectivity index (χ4n) is 4.85. The van der Waals surface area contributed by atoms with Crippen LogP contribution in [0.4, 0.5) is 17.1 Å². The van der Waals surface area contributed by atoms with Crippen molar-refractivity contribution in [2.75, 3.05) is 4.90 Å². The van der Waals surface area contributed by atoms with Crippen molar-refractivity contribution in [2.45, 2.75) is 0 Å². The molecule has 0 unspecified atom stereocenters. The molecule has 0 N–H and O–H groups in total. The van der Waals surface area contributed by atoms with Gasteiger partial charge in [0, 0.05) is 26.9 Å². The molecule has 0 amide bonds. The summed E-state index contributed by atoms with van der Waals surface area (Å²) in [5.41, 5.74) is 10.8. The predicted molar refractivity (Wildman–Crippen MR) is 147 cm³/mol. The molecule has 0 atom stereocenters. The smallest absolute Gasteiger partial charge is 0.0551 e. The quantitative estimate of drug-likeness (QED) is 0.234. The number of nitrogens with zero attached hydrogens (tertiary/aromatic N) is 1. The molecule has 1 heterocycles.